The van der Waals surface area contributed by atoms with Crippen molar-refractivity contribution in [1.82, 2.24) is 14.3 Å². The van der Waals surface area contributed by atoms with Gasteiger partial charge in [0.15, 0.2) is 0 Å². The van der Waals surface area contributed by atoms with E-state index in [0.717, 1.165) is 11.8 Å². The van der Waals surface area contributed by atoms with Crippen molar-refractivity contribution in [2.24, 2.45) is 0 Å². The fourth-order valence-corrected chi connectivity index (χ4v) is 3.41. The van der Waals surface area contributed by atoms with Crippen LogP contribution in [0.4, 0.5) is 10.3 Å². The summed E-state index contributed by atoms with van der Waals surface area (Å²) in [4.78, 5) is 8.20. The Bertz CT molecular complexity index is 808. The van der Waals surface area contributed by atoms with Crippen molar-refractivity contribution >= 4 is 16.0 Å². The van der Waals surface area contributed by atoms with Crippen LogP contribution in [0, 0.1) is 5.82 Å². The Hall–Kier alpha value is -2.06. The van der Waals surface area contributed by atoms with Crippen molar-refractivity contribution < 1.29 is 12.8 Å². The summed E-state index contributed by atoms with van der Waals surface area (Å²) in [6.45, 7) is 0.458. The Balaban J connectivity index is 2.11. The Kier molecular flexibility index (Phi) is 3.57. The van der Waals surface area contributed by atoms with Gasteiger partial charge in [-0.1, -0.05) is 12.1 Å². The number of sulfonamides is 1. The standard InChI is InChI=1S/C14H15FN4O2S/c1-22(20,21)19-7-10-6-17-14(16)18-13(10)12(8-19)9-2-4-11(15)5-3-9/h2-6,12H,7-8H2,1H3,(H2,16,17,18). The molecule has 1 aliphatic heterocycles. The fourth-order valence-electron chi connectivity index (χ4n) is 2.61. The number of aromatic nitrogens is 2. The number of nitrogens with zero attached hydrogens (tertiary/aromatic N) is 3. The molecule has 8 heteroatoms. The highest BCUT2D eigenvalue weighted by Crippen LogP contribution is 2.33. The topological polar surface area (TPSA) is 89.2 Å². The second-order valence-electron chi connectivity index (χ2n) is 5.30. The van der Waals surface area contributed by atoms with Crippen LogP contribution in [0.25, 0.3) is 0 Å². The van der Waals surface area contributed by atoms with Crippen LogP contribution in [0.5, 0.6) is 0 Å². The van der Waals surface area contributed by atoms with E-state index in [-0.39, 0.29) is 30.8 Å². The number of nitrogen functional groups attached to an aromatic ring is 1. The van der Waals surface area contributed by atoms with Crippen molar-refractivity contribution in [2.45, 2.75) is 12.5 Å². The molecule has 0 bridgehead atoms. The SMILES string of the molecule is CS(=O)(=O)N1Cc2cnc(N)nc2C(c2ccc(F)cc2)C1. The molecular weight excluding hydrogens is 307 g/mol. The van der Waals surface area contributed by atoms with E-state index in [1.165, 1.54) is 16.4 Å². The molecule has 1 atom stereocenters. The lowest BCUT2D eigenvalue weighted by molar-refractivity contribution is 0.369. The van der Waals surface area contributed by atoms with Gasteiger partial charge in [-0.3, -0.25) is 0 Å². The molecule has 0 saturated heterocycles. The van der Waals surface area contributed by atoms with Crippen LogP contribution in [0.2, 0.25) is 0 Å². The van der Waals surface area contributed by atoms with Gasteiger partial charge in [0.05, 0.1) is 11.9 Å². The maximum absolute atomic E-state index is 13.1. The van der Waals surface area contributed by atoms with Crippen molar-refractivity contribution in [3.63, 3.8) is 0 Å². The first-order valence-corrected chi connectivity index (χ1v) is 8.51. The zero-order valence-electron chi connectivity index (χ0n) is 11.9. The summed E-state index contributed by atoms with van der Waals surface area (Å²) < 4.78 is 38.3. The van der Waals surface area contributed by atoms with E-state index >= 15 is 0 Å². The summed E-state index contributed by atoms with van der Waals surface area (Å²) in [7, 11) is -3.36. The highest BCUT2D eigenvalue weighted by atomic mass is 32.2. The Labute approximate surface area is 127 Å². The molecule has 0 amide bonds. The number of rotatable bonds is 2. The fraction of sp³-hybridized carbons (Fsp3) is 0.286. The molecule has 1 aromatic carbocycles. The van der Waals surface area contributed by atoms with Crippen LogP contribution in [-0.4, -0.2) is 35.5 Å². The molecule has 1 unspecified atom stereocenters. The number of hydrogen-bond donors (Lipinski definition) is 1. The minimum absolute atomic E-state index is 0.138. The van der Waals surface area contributed by atoms with Crippen LogP contribution in [0.1, 0.15) is 22.7 Å². The zero-order chi connectivity index (χ0) is 15.9. The number of anilines is 1. The van der Waals surface area contributed by atoms with Crippen molar-refractivity contribution in [3.05, 3.63) is 53.1 Å². The molecule has 1 aliphatic rings. The van der Waals surface area contributed by atoms with Gasteiger partial charge in [0.25, 0.3) is 0 Å². The highest BCUT2D eigenvalue weighted by molar-refractivity contribution is 7.88. The Morgan fingerprint density at radius 2 is 2.00 bits per heavy atom. The first kappa shape index (κ1) is 14.9. The first-order valence-electron chi connectivity index (χ1n) is 6.66. The maximum atomic E-state index is 13.1. The summed E-state index contributed by atoms with van der Waals surface area (Å²) in [5, 5.41) is 0. The van der Waals surface area contributed by atoms with Crippen LogP contribution in [-0.2, 0) is 16.6 Å². The largest absolute Gasteiger partial charge is 0.368 e. The molecule has 0 fully saturated rings. The minimum atomic E-state index is -3.36. The van der Waals surface area contributed by atoms with Gasteiger partial charge in [-0.15, -0.1) is 0 Å². The molecule has 0 radical (unpaired) electrons. The quantitative estimate of drug-likeness (QED) is 0.894. The van der Waals surface area contributed by atoms with Gasteiger partial charge in [0.1, 0.15) is 5.82 Å². The van der Waals surface area contributed by atoms with Crippen LogP contribution < -0.4 is 5.73 Å². The average Bonchev–Trinajstić information content (AvgIpc) is 2.46. The lowest BCUT2D eigenvalue weighted by Crippen LogP contribution is -2.38. The van der Waals surface area contributed by atoms with Gasteiger partial charge in [0, 0.05) is 30.8 Å². The average molecular weight is 322 g/mol. The van der Waals surface area contributed by atoms with E-state index in [1.54, 1.807) is 18.3 Å². The van der Waals surface area contributed by atoms with E-state index in [1.807, 2.05) is 0 Å². The molecule has 1 aromatic heterocycles. The molecule has 0 spiro atoms. The van der Waals surface area contributed by atoms with Crippen LogP contribution >= 0.6 is 0 Å². The molecule has 2 N–H and O–H groups in total. The summed E-state index contributed by atoms with van der Waals surface area (Å²) in [5.74, 6) is -0.509. The third kappa shape index (κ3) is 2.79. The van der Waals surface area contributed by atoms with Crippen molar-refractivity contribution in [3.8, 4) is 0 Å². The van der Waals surface area contributed by atoms with Gasteiger partial charge >= 0.3 is 0 Å². The van der Waals surface area contributed by atoms with E-state index in [4.69, 9.17) is 5.73 Å². The third-order valence-corrected chi connectivity index (χ3v) is 4.94. The molecular formula is C14H15FN4O2S. The smallest absolute Gasteiger partial charge is 0.220 e. The highest BCUT2D eigenvalue weighted by Gasteiger charge is 2.32. The maximum Gasteiger partial charge on any atom is 0.220 e. The number of hydrogen-bond acceptors (Lipinski definition) is 5. The molecule has 0 aliphatic carbocycles. The van der Waals surface area contributed by atoms with E-state index in [2.05, 4.69) is 9.97 Å². The molecule has 6 nitrogen and oxygen atoms in total. The van der Waals surface area contributed by atoms with E-state index in [9.17, 15) is 12.8 Å². The number of halogens is 1. The summed E-state index contributed by atoms with van der Waals surface area (Å²) in [5.41, 5.74) is 7.84. The molecule has 22 heavy (non-hydrogen) atoms. The van der Waals surface area contributed by atoms with Crippen molar-refractivity contribution in [1.29, 1.82) is 0 Å². The third-order valence-electron chi connectivity index (χ3n) is 3.72. The normalized spacial score (nSPS) is 18.9. The molecule has 2 heterocycles. The van der Waals surface area contributed by atoms with Gasteiger partial charge in [0.2, 0.25) is 16.0 Å². The summed E-state index contributed by atoms with van der Waals surface area (Å²) >= 11 is 0. The predicted octanol–water partition coefficient (Wildman–Crippen LogP) is 1.10. The van der Waals surface area contributed by atoms with Crippen LogP contribution in [0.15, 0.2) is 30.5 Å². The van der Waals surface area contributed by atoms with E-state index in [0.29, 0.717) is 11.3 Å². The minimum Gasteiger partial charge on any atom is -0.368 e. The van der Waals surface area contributed by atoms with Crippen molar-refractivity contribution in [2.75, 3.05) is 18.5 Å². The second kappa shape index (κ2) is 5.29. The second-order valence-corrected chi connectivity index (χ2v) is 7.28. The Morgan fingerprint density at radius 1 is 1.32 bits per heavy atom. The molecule has 116 valence electrons. The van der Waals surface area contributed by atoms with E-state index < -0.39 is 10.0 Å². The number of benzene rings is 1. The first-order chi connectivity index (χ1) is 10.3. The lowest BCUT2D eigenvalue weighted by atomic mass is 9.90. The van der Waals surface area contributed by atoms with Gasteiger partial charge in [-0.2, -0.15) is 4.31 Å². The molecule has 2 aromatic rings. The summed E-state index contributed by atoms with van der Waals surface area (Å²) in [6.07, 6.45) is 2.71. The molecule has 0 saturated carbocycles. The number of nitrogens with two attached hydrogens (primary N) is 1. The zero-order valence-corrected chi connectivity index (χ0v) is 12.7. The van der Waals surface area contributed by atoms with Gasteiger partial charge in [-0.25, -0.2) is 22.8 Å². The van der Waals surface area contributed by atoms with Gasteiger partial charge < -0.3 is 5.73 Å². The molecule has 3 rings (SSSR count). The van der Waals surface area contributed by atoms with Gasteiger partial charge in [-0.05, 0) is 17.7 Å². The summed E-state index contributed by atoms with van der Waals surface area (Å²) in [6, 6.07) is 5.96. The monoisotopic (exact) mass is 322 g/mol. The number of fused-ring (bicyclic) bond motifs is 1. The lowest BCUT2D eigenvalue weighted by Gasteiger charge is -2.32. The predicted molar refractivity (Wildman–Crippen MR) is 79.9 cm³/mol. The Morgan fingerprint density at radius 3 is 2.64 bits per heavy atom. The van der Waals surface area contributed by atoms with Crippen LogP contribution in [0.3, 0.4) is 0 Å².